The highest BCUT2D eigenvalue weighted by Crippen LogP contribution is 2.14. The lowest BCUT2D eigenvalue weighted by molar-refractivity contribution is 0.0416. The molecule has 0 aliphatic carbocycles. The number of hydrogen-bond donors (Lipinski definition) is 5. The van der Waals surface area contributed by atoms with Gasteiger partial charge in [-0.1, -0.05) is 0 Å². The summed E-state index contributed by atoms with van der Waals surface area (Å²) in [5, 5.41) is 15.6. The average Bonchev–Trinajstić information content (AvgIpc) is 2.56. The Balaban J connectivity index is 1.84. The summed E-state index contributed by atoms with van der Waals surface area (Å²) in [7, 11) is 0. The third-order valence-electron chi connectivity index (χ3n) is 3.29. The van der Waals surface area contributed by atoms with Crippen LogP contribution in [0.15, 0.2) is 48.5 Å². The van der Waals surface area contributed by atoms with E-state index in [4.69, 9.17) is 21.3 Å². The van der Waals surface area contributed by atoms with E-state index in [0.29, 0.717) is 5.69 Å². The molecular weight excluding hydrogens is 292 g/mol. The van der Waals surface area contributed by atoms with E-state index >= 15 is 0 Å². The molecule has 6 nitrogen and oxygen atoms in total. The molecule has 6 heteroatoms. The van der Waals surface area contributed by atoms with E-state index in [1.165, 1.54) is 0 Å². The third-order valence-corrected chi connectivity index (χ3v) is 3.29. The monoisotopic (exact) mass is 316 g/mol. The zero-order chi connectivity index (χ0) is 16.5. The van der Waals surface area contributed by atoms with Gasteiger partial charge in [-0.05, 0) is 48.5 Å². The molecule has 0 aliphatic rings. The van der Waals surface area contributed by atoms with Crippen molar-refractivity contribution in [1.29, 1.82) is 0 Å². The second-order valence-electron chi connectivity index (χ2n) is 5.19. The fraction of sp³-hybridized carbons (Fsp3) is 0.294. The number of anilines is 4. The lowest BCUT2D eigenvalue weighted by Crippen LogP contribution is -2.27. The van der Waals surface area contributed by atoms with Gasteiger partial charge in [0, 0.05) is 35.7 Å². The summed E-state index contributed by atoms with van der Waals surface area (Å²) >= 11 is 0. The van der Waals surface area contributed by atoms with Crippen LogP contribution < -0.4 is 22.1 Å². The molecule has 0 amide bonds. The molecular formula is C17H24N4O2. The van der Waals surface area contributed by atoms with Crippen molar-refractivity contribution in [2.75, 3.05) is 41.9 Å². The van der Waals surface area contributed by atoms with Crippen LogP contribution in [0.2, 0.25) is 0 Å². The summed E-state index contributed by atoms with van der Waals surface area (Å²) in [5.41, 5.74) is 14.7. The molecule has 2 aromatic carbocycles. The van der Waals surface area contributed by atoms with Crippen molar-refractivity contribution in [1.82, 2.24) is 0 Å². The van der Waals surface area contributed by atoms with E-state index in [0.717, 1.165) is 30.0 Å². The van der Waals surface area contributed by atoms with E-state index in [1.807, 2.05) is 48.5 Å². The third kappa shape index (κ3) is 6.06. The molecule has 23 heavy (non-hydrogen) atoms. The molecule has 0 fully saturated rings. The standard InChI is InChI=1S/C17H24N4O2/c18-13-1-5-15(6-2-13)20-10-9-17(23-12-11-22)21-16-7-3-14(19)4-8-16/h1-8,17,20-22H,9-12,18-19H2. The Hall–Kier alpha value is -2.44. The number of rotatable bonds is 9. The number of nitrogens with one attached hydrogen (secondary N) is 2. The number of hydrogen-bond acceptors (Lipinski definition) is 6. The van der Waals surface area contributed by atoms with E-state index in [2.05, 4.69) is 10.6 Å². The molecule has 124 valence electrons. The van der Waals surface area contributed by atoms with Crippen molar-refractivity contribution in [3.63, 3.8) is 0 Å². The molecule has 2 aromatic rings. The lowest BCUT2D eigenvalue weighted by Gasteiger charge is -2.21. The van der Waals surface area contributed by atoms with Crippen molar-refractivity contribution < 1.29 is 9.84 Å². The number of nitrogens with two attached hydrogens (primary N) is 2. The maximum atomic E-state index is 8.95. The highest BCUT2D eigenvalue weighted by Gasteiger charge is 2.08. The minimum absolute atomic E-state index is 0.00862. The van der Waals surface area contributed by atoms with Gasteiger partial charge in [0.2, 0.25) is 0 Å². The molecule has 0 heterocycles. The van der Waals surface area contributed by atoms with Gasteiger partial charge < -0.3 is 31.9 Å². The van der Waals surface area contributed by atoms with Crippen LogP contribution >= 0.6 is 0 Å². The Morgan fingerprint density at radius 1 is 0.913 bits per heavy atom. The Morgan fingerprint density at radius 2 is 1.48 bits per heavy atom. The molecule has 0 spiro atoms. The van der Waals surface area contributed by atoms with Gasteiger partial charge in [-0.2, -0.15) is 0 Å². The van der Waals surface area contributed by atoms with Gasteiger partial charge >= 0.3 is 0 Å². The van der Waals surface area contributed by atoms with Crippen LogP contribution in [0.3, 0.4) is 0 Å². The smallest absolute Gasteiger partial charge is 0.129 e. The summed E-state index contributed by atoms with van der Waals surface area (Å²) in [6, 6.07) is 15.0. The molecule has 1 unspecified atom stereocenters. The van der Waals surface area contributed by atoms with Crippen LogP contribution in [0.4, 0.5) is 22.7 Å². The second-order valence-corrected chi connectivity index (χ2v) is 5.19. The SMILES string of the molecule is Nc1ccc(NCCC(Nc2ccc(N)cc2)OCCO)cc1. The zero-order valence-electron chi connectivity index (χ0n) is 13.0. The quantitative estimate of drug-likeness (QED) is 0.358. The maximum absolute atomic E-state index is 8.95. The first kappa shape index (κ1) is 16.9. The number of benzene rings is 2. The largest absolute Gasteiger partial charge is 0.399 e. The van der Waals surface area contributed by atoms with Crippen LogP contribution in [-0.4, -0.2) is 31.1 Å². The Bertz CT molecular complexity index is 572. The Labute approximate surface area is 136 Å². The van der Waals surface area contributed by atoms with E-state index in [1.54, 1.807) is 0 Å². The van der Waals surface area contributed by atoms with Crippen molar-refractivity contribution in [2.24, 2.45) is 0 Å². The zero-order valence-corrected chi connectivity index (χ0v) is 13.0. The summed E-state index contributed by atoms with van der Waals surface area (Å²) in [5.74, 6) is 0. The fourth-order valence-corrected chi connectivity index (χ4v) is 2.11. The Kier molecular flexibility index (Phi) is 6.53. The average molecular weight is 316 g/mol. The first-order valence-corrected chi connectivity index (χ1v) is 7.61. The van der Waals surface area contributed by atoms with Gasteiger partial charge in [-0.15, -0.1) is 0 Å². The summed E-state index contributed by atoms with van der Waals surface area (Å²) in [6.07, 6.45) is 0.529. The van der Waals surface area contributed by atoms with Crippen molar-refractivity contribution >= 4 is 22.7 Å². The summed E-state index contributed by atoms with van der Waals surface area (Å²) < 4.78 is 5.63. The summed E-state index contributed by atoms with van der Waals surface area (Å²) in [4.78, 5) is 0. The van der Waals surface area contributed by atoms with Crippen LogP contribution in [0.25, 0.3) is 0 Å². The molecule has 1 atom stereocenters. The highest BCUT2D eigenvalue weighted by molar-refractivity contribution is 5.52. The van der Waals surface area contributed by atoms with E-state index in [9.17, 15) is 0 Å². The van der Waals surface area contributed by atoms with Gasteiger partial charge in [0.1, 0.15) is 6.23 Å². The first-order valence-electron chi connectivity index (χ1n) is 7.61. The van der Waals surface area contributed by atoms with Gasteiger partial charge in [0.05, 0.1) is 13.2 Å². The topological polar surface area (TPSA) is 106 Å². The van der Waals surface area contributed by atoms with E-state index < -0.39 is 0 Å². The number of aliphatic hydroxyl groups excluding tert-OH is 1. The Morgan fingerprint density at radius 3 is 2.04 bits per heavy atom. The predicted octanol–water partition coefficient (Wildman–Crippen LogP) is 2.10. The molecule has 0 saturated heterocycles. The molecule has 0 aromatic heterocycles. The maximum Gasteiger partial charge on any atom is 0.129 e. The predicted molar refractivity (Wildman–Crippen MR) is 95.3 cm³/mol. The van der Waals surface area contributed by atoms with Crippen molar-refractivity contribution in [3.8, 4) is 0 Å². The lowest BCUT2D eigenvalue weighted by atomic mass is 10.2. The number of ether oxygens (including phenoxy) is 1. The van der Waals surface area contributed by atoms with Gasteiger partial charge in [0.25, 0.3) is 0 Å². The van der Waals surface area contributed by atoms with Gasteiger partial charge in [0.15, 0.2) is 0 Å². The normalized spacial score (nSPS) is 11.9. The molecule has 2 rings (SSSR count). The van der Waals surface area contributed by atoms with Crippen LogP contribution in [-0.2, 0) is 4.74 Å². The second kappa shape index (κ2) is 8.87. The van der Waals surface area contributed by atoms with Crippen molar-refractivity contribution in [3.05, 3.63) is 48.5 Å². The van der Waals surface area contributed by atoms with Crippen LogP contribution in [0.5, 0.6) is 0 Å². The van der Waals surface area contributed by atoms with Crippen LogP contribution in [0.1, 0.15) is 6.42 Å². The minimum Gasteiger partial charge on any atom is -0.399 e. The minimum atomic E-state index is -0.202. The molecule has 0 aliphatic heterocycles. The molecule has 0 saturated carbocycles. The van der Waals surface area contributed by atoms with Gasteiger partial charge in [-0.3, -0.25) is 0 Å². The number of aliphatic hydroxyl groups is 1. The molecule has 0 radical (unpaired) electrons. The first-order chi connectivity index (χ1) is 11.2. The summed E-state index contributed by atoms with van der Waals surface area (Å²) in [6.45, 7) is 1.00. The van der Waals surface area contributed by atoms with Crippen molar-refractivity contribution in [2.45, 2.75) is 12.6 Å². The highest BCUT2D eigenvalue weighted by atomic mass is 16.5. The molecule has 7 N–H and O–H groups in total. The molecule has 0 bridgehead atoms. The fourth-order valence-electron chi connectivity index (χ4n) is 2.11. The number of nitrogen functional groups attached to an aromatic ring is 2. The van der Waals surface area contributed by atoms with Crippen LogP contribution in [0, 0.1) is 0 Å². The van der Waals surface area contributed by atoms with Gasteiger partial charge in [-0.25, -0.2) is 0 Å². The van der Waals surface area contributed by atoms with E-state index in [-0.39, 0.29) is 19.4 Å².